The van der Waals surface area contributed by atoms with Crippen molar-refractivity contribution in [3.05, 3.63) is 17.4 Å². The van der Waals surface area contributed by atoms with Crippen molar-refractivity contribution in [2.24, 2.45) is 0 Å². The first-order valence-electron chi connectivity index (χ1n) is 6.38. The third kappa shape index (κ3) is 2.72. The molecular weight excluding hydrogens is 282 g/mol. The molecule has 112 valence electrons. The molecule has 8 heteroatoms. The van der Waals surface area contributed by atoms with Crippen LogP contribution < -0.4 is 10.0 Å². The second-order valence-electron chi connectivity index (χ2n) is 4.81. The monoisotopic (exact) mass is 301 g/mol. The molecule has 2 rings (SSSR count). The molecule has 20 heavy (non-hydrogen) atoms. The standard InChI is InChI=1S/C12H19N3O4S/c1-8-10(6-11(19-8)20(17,18)13-2)12(16)15(3)9-4-5-14-7-9/h6,9,13-14H,4-5,7H2,1-3H3. The number of hydrogen-bond acceptors (Lipinski definition) is 5. The normalized spacial score (nSPS) is 19.2. The second-order valence-corrected chi connectivity index (χ2v) is 6.62. The molecule has 0 bridgehead atoms. The van der Waals surface area contributed by atoms with Crippen molar-refractivity contribution in [1.82, 2.24) is 14.9 Å². The van der Waals surface area contributed by atoms with Crippen LogP contribution in [0.3, 0.4) is 0 Å². The van der Waals surface area contributed by atoms with Crippen LogP contribution in [-0.4, -0.2) is 52.5 Å². The molecule has 1 atom stereocenters. The quantitative estimate of drug-likeness (QED) is 0.812. The van der Waals surface area contributed by atoms with E-state index in [0.29, 0.717) is 5.76 Å². The van der Waals surface area contributed by atoms with Crippen LogP contribution in [0.4, 0.5) is 0 Å². The van der Waals surface area contributed by atoms with Gasteiger partial charge in [-0.15, -0.1) is 0 Å². The molecule has 2 heterocycles. The lowest BCUT2D eigenvalue weighted by Crippen LogP contribution is -2.38. The Balaban J connectivity index is 2.26. The van der Waals surface area contributed by atoms with Gasteiger partial charge in [-0.2, -0.15) is 0 Å². The molecule has 1 aliphatic rings. The Bertz CT molecular complexity index is 602. The predicted octanol–water partition coefficient (Wildman–Crippen LogP) is -0.0700. The molecule has 1 amide bonds. The number of hydrogen-bond donors (Lipinski definition) is 2. The molecule has 0 saturated carbocycles. The van der Waals surface area contributed by atoms with Crippen LogP contribution in [-0.2, 0) is 10.0 Å². The minimum absolute atomic E-state index is 0.126. The smallest absolute Gasteiger partial charge is 0.273 e. The second kappa shape index (κ2) is 5.55. The SMILES string of the molecule is CNS(=O)(=O)c1cc(C(=O)N(C)C2CCNC2)c(C)o1. The Morgan fingerprint density at radius 3 is 2.80 bits per heavy atom. The summed E-state index contributed by atoms with van der Waals surface area (Å²) in [6, 6.07) is 1.41. The van der Waals surface area contributed by atoms with E-state index in [1.54, 1.807) is 18.9 Å². The Morgan fingerprint density at radius 2 is 2.25 bits per heavy atom. The van der Waals surface area contributed by atoms with E-state index in [2.05, 4.69) is 10.0 Å². The molecule has 1 fully saturated rings. The number of likely N-dealkylation sites (N-methyl/N-ethyl adjacent to an activating group) is 1. The van der Waals surface area contributed by atoms with Gasteiger partial charge in [-0.1, -0.05) is 0 Å². The summed E-state index contributed by atoms with van der Waals surface area (Å²) in [6.07, 6.45) is 0.890. The van der Waals surface area contributed by atoms with Crippen LogP contribution in [0.25, 0.3) is 0 Å². The van der Waals surface area contributed by atoms with Gasteiger partial charge in [0.1, 0.15) is 5.76 Å². The average molecular weight is 301 g/mol. The summed E-state index contributed by atoms with van der Waals surface area (Å²) in [5.41, 5.74) is 0.285. The number of furan rings is 1. The van der Waals surface area contributed by atoms with E-state index < -0.39 is 10.0 Å². The van der Waals surface area contributed by atoms with Crippen molar-refractivity contribution in [2.45, 2.75) is 24.5 Å². The number of amides is 1. The number of aryl methyl sites for hydroxylation is 1. The minimum atomic E-state index is -3.68. The minimum Gasteiger partial charge on any atom is -0.448 e. The highest BCUT2D eigenvalue weighted by Crippen LogP contribution is 2.21. The summed E-state index contributed by atoms with van der Waals surface area (Å²) >= 11 is 0. The first-order valence-corrected chi connectivity index (χ1v) is 7.87. The molecule has 1 saturated heterocycles. The van der Waals surface area contributed by atoms with Crippen molar-refractivity contribution < 1.29 is 17.6 Å². The summed E-state index contributed by atoms with van der Waals surface area (Å²) in [6.45, 7) is 3.22. The zero-order valence-electron chi connectivity index (χ0n) is 11.8. The molecule has 0 radical (unpaired) electrons. The molecule has 0 aromatic carbocycles. The molecule has 1 aromatic rings. The molecular formula is C12H19N3O4S. The lowest BCUT2D eigenvalue weighted by atomic mass is 10.2. The van der Waals surface area contributed by atoms with E-state index in [0.717, 1.165) is 19.5 Å². The van der Waals surface area contributed by atoms with Gasteiger partial charge in [-0.3, -0.25) is 4.79 Å². The molecule has 0 spiro atoms. The van der Waals surface area contributed by atoms with Crippen molar-refractivity contribution in [1.29, 1.82) is 0 Å². The summed E-state index contributed by atoms with van der Waals surface area (Å²) in [4.78, 5) is 14.0. The van der Waals surface area contributed by atoms with Crippen LogP contribution in [0.15, 0.2) is 15.6 Å². The van der Waals surface area contributed by atoms with E-state index in [1.165, 1.54) is 13.1 Å². The van der Waals surface area contributed by atoms with Gasteiger partial charge in [0.25, 0.3) is 15.9 Å². The predicted molar refractivity (Wildman–Crippen MR) is 73.1 cm³/mol. The highest BCUT2D eigenvalue weighted by Gasteiger charge is 2.28. The molecule has 2 N–H and O–H groups in total. The largest absolute Gasteiger partial charge is 0.448 e. The van der Waals surface area contributed by atoms with Gasteiger partial charge in [0.05, 0.1) is 5.56 Å². The maximum absolute atomic E-state index is 12.4. The summed E-state index contributed by atoms with van der Waals surface area (Å²) < 4.78 is 30.7. The fraction of sp³-hybridized carbons (Fsp3) is 0.583. The number of carbonyl (C=O) groups is 1. The van der Waals surface area contributed by atoms with E-state index in [4.69, 9.17) is 4.42 Å². The topological polar surface area (TPSA) is 91.7 Å². The average Bonchev–Trinajstić information content (AvgIpc) is 3.06. The van der Waals surface area contributed by atoms with Crippen LogP contribution in [0.5, 0.6) is 0 Å². The van der Waals surface area contributed by atoms with Crippen molar-refractivity contribution >= 4 is 15.9 Å². The first kappa shape index (κ1) is 15.0. The van der Waals surface area contributed by atoms with E-state index >= 15 is 0 Å². The van der Waals surface area contributed by atoms with Crippen LogP contribution in [0, 0.1) is 6.92 Å². The Hall–Kier alpha value is -1.38. The lowest BCUT2D eigenvalue weighted by molar-refractivity contribution is 0.0742. The van der Waals surface area contributed by atoms with Gasteiger partial charge in [0.2, 0.25) is 5.09 Å². The first-order chi connectivity index (χ1) is 9.36. The van der Waals surface area contributed by atoms with Gasteiger partial charge < -0.3 is 14.6 Å². The maximum Gasteiger partial charge on any atom is 0.273 e. The van der Waals surface area contributed by atoms with Crippen molar-refractivity contribution in [3.8, 4) is 0 Å². The third-order valence-corrected chi connectivity index (χ3v) is 4.83. The van der Waals surface area contributed by atoms with E-state index in [-0.39, 0.29) is 22.6 Å². The Labute approximate surface area is 118 Å². The van der Waals surface area contributed by atoms with Gasteiger partial charge in [-0.25, -0.2) is 13.1 Å². The number of sulfonamides is 1. The third-order valence-electron chi connectivity index (χ3n) is 3.56. The van der Waals surface area contributed by atoms with Crippen molar-refractivity contribution in [3.63, 3.8) is 0 Å². The highest BCUT2D eigenvalue weighted by atomic mass is 32.2. The number of nitrogens with one attached hydrogen (secondary N) is 2. The van der Waals surface area contributed by atoms with Crippen LogP contribution >= 0.6 is 0 Å². The fourth-order valence-electron chi connectivity index (χ4n) is 2.23. The molecule has 1 aliphatic heterocycles. The number of nitrogens with zero attached hydrogens (tertiary/aromatic N) is 1. The van der Waals surface area contributed by atoms with Gasteiger partial charge in [0, 0.05) is 25.7 Å². The summed E-state index contributed by atoms with van der Waals surface area (Å²) in [5, 5.41) is 2.95. The molecule has 0 aliphatic carbocycles. The van der Waals surface area contributed by atoms with Gasteiger partial charge in [-0.05, 0) is 26.9 Å². The summed E-state index contributed by atoms with van der Waals surface area (Å²) in [7, 11) is -0.660. The van der Waals surface area contributed by atoms with Crippen molar-refractivity contribution in [2.75, 3.05) is 27.2 Å². The van der Waals surface area contributed by atoms with E-state index in [1.807, 2.05) is 0 Å². The molecule has 1 unspecified atom stereocenters. The summed E-state index contributed by atoms with van der Waals surface area (Å²) in [5.74, 6) is 0.0825. The van der Waals surface area contributed by atoms with E-state index in [9.17, 15) is 13.2 Å². The molecule has 1 aromatic heterocycles. The van der Waals surface area contributed by atoms with Gasteiger partial charge >= 0.3 is 0 Å². The Kier molecular flexibility index (Phi) is 4.17. The van der Waals surface area contributed by atoms with Gasteiger partial charge in [0.15, 0.2) is 0 Å². The Morgan fingerprint density at radius 1 is 1.55 bits per heavy atom. The lowest BCUT2D eigenvalue weighted by Gasteiger charge is -2.23. The maximum atomic E-state index is 12.4. The number of rotatable bonds is 4. The van der Waals surface area contributed by atoms with Crippen LogP contribution in [0.1, 0.15) is 22.5 Å². The zero-order chi connectivity index (χ0) is 14.9. The van der Waals surface area contributed by atoms with Crippen LogP contribution in [0.2, 0.25) is 0 Å². The zero-order valence-corrected chi connectivity index (χ0v) is 12.6. The fourth-order valence-corrected chi connectivity index (χ4v) is 2.93. The number of carbonyl (C=O) groups excluding carboxylic acids is 1. The highest BCUT2D eigenvalue weighted by molar-refractivity contribution is 7.89. The molecule has 7 nitrogen and oxygen atoms in total.